The third kappa shape index (κ3) is 4.18. The largest absolute Gasteiger partial charge is 0.497 e. The number of halogens is 1. The van der Waals surface area contributed by atoms with Crippen LogP contribution in [0.15, 0.2) is 45.9 Å². The van der Waals surface area contributed by atoms with Crippen molar-refractivity contribution in [2.75, 3.05) is 20.2 Å². The lowest BCUT2D eigenvalue weighted by Gasteiger charge is -2.09. The van der Waals surface area contributed by atoms with Gasteiger partial charge in [0, 0.05) is 18.7 Å². The molecule has 1 amide bonds. The first-order chi connectivity index (χ1) is 12.9. The van der Waals surface area contributed by atoms with Gasteiger partial charge in [0.1, 0.15) is 10.6 Å². The molecule has 0 saturated heterocycles. The molecule has 142 valence electrons. The van der Waals surface area contributed by atoms with E-state index in [1.54, 1.807) is 24.3 Å². The van der Waals surface area contributed by atoms with Gasteiger partial charge in [-0.25, -0.2) is 17.8 Å². The maximum absolute atomic E-state index is 12.5. The summed E-state index contributed by atoms with van der Waals surface area (Å²) in [4.78, 5) is 11.9. The van der Waals surface area contributed by atoms with Gasteiger partial charge < -0.3 is 10.1 Å². The predicted octanol–water partition coefficient (Wildman–Crippen LogP) is 1.59. The van der Waals surface area contributed by atoms with Gasteiger partial charge in [0.2, 0.25) is 10.0 Å². The number of methoxy groups -OCH3 is 1. The third-order valence-corrected chi connectivity index (χ3v) is 5.47. The van der Waals surface area contributed by atoms with E-state index in [2.05, 4.69) is 25.0 Å². The van der Waals surface area contributed by atoms with E-state index >= 15 is 0 Å². The third-order valence-electron chi connectivity index (χ3n) is 3.67. The summed E-state index contributed by atoms with van der Waals surface area (Å²) >= 11 is 5.93. The van der Waals surface area contributed by atoms with Gasteiger partial charge in [-0.05, 0) is 46.7 Å². The molecule has 0 aliphatic heterocycles. The molecule has 0 aliphatic rings. The molecule has 1 aromatic heterocycles. The molecule has 2 N–H and O–H groups in total. The smallest absolute Gasteiger partial charge is 0.251 e. The van der Waals surface area contributed by atoms with E-state index in [0.29, 0.717) is 11.3 Å². The first kappa shape index (κ1) is 19.1. The molecule has 9 nitrogen and oxygen atoms in total. The number of nitrogens with zero attached hydrogens (tertiary/aromatic N) is 2. The van der Waals surface area contributed by atoms with E-state index in [9.17, 15) is 13.2 Å². The molecular weight excluding hydrogens is 396 g/mol. The summed E-state index contributed by atoms with van der Waals surface area (Å²) in [6.07, 6.45) is 0. The van der Waals surface area contributed by atoms with Crippen molar-refractivity contribution in [2.45, 2.75) is 4.90 Å². The molecule has 0 unspecified atom stereocenters. The molecule has 2 aromatic carbocycles. The second kappa shape index (κ2) is 7.91. The highest BCUT2D eigenvalue weighted by Gasteiger charge is 2.21. The Hall–Kier alpha value is -2.69. The Balaban J connectivity index is 1.59. The summed E-state index contributed by atoms with van der Waals surface area (Å²) in [5.74, 6) is 0.308. The van der Waals surface area contributed by atoms with Crippen LogP contribution in [0.3, 0.4) is 0 Å². The normalized spacial score (nSPS) is 11.5. The first-order valence-corrected chi connectivity index (χ1v) is 9.61. The topological polar surface area (TPSA) is 123 Å². The van der Waals surface area contributed by atoms with E-state index in [1.807, 2.05) is 0 Å². The van der Waals surface area contributed by atoms with Crippen LogP contribution in [0.2, 0.25) is 5.02 Å². The van der Waals surface area contributed by atoms with Gasteiger partial charge in [0.25, 0.3) is 5.91 Å². The second-order valence-electron chi connectivity index (χ2n) is 5.39. The summed E-state index contributed by atoms with van der Waals surface area (Å²) in [6.45, 7) is 0.0809. The molecule has 11 heteroatoms. The number of carbonyl (C=O) groups excluding carboxylic acids is 1. The highest BCUT2D eigenvalue weighted by molar-refractivity contribution is 7.89. The molecule has 27 heavy (non-hydrogen) atoms. The van der Waals surface area contributed by atoms with Gasteiger partial charge in [-0.15, -0.1) is 0 Å². The average Bonchev–Trinajstić information content (AvgIpc) is 3.16. The zero-order valence-electron chi connectivity index (χ0n) is 14.1. The molecular formula is C16H15ClN4O5S. The van der Waals surface area contributed by atoms with Gasteiger partial charge in [-0.3, -0.25) is 4.79 Å². The molecule has 0 radical (unpaired) electrons. The number of hydrogen-bond acceptors (Lipinski definition) is 7. The van der Waals surface area contributed by atoms with Gasteiger partial charge in [0.15, 0.2) is 11.0 Å². The predicted molar refractivity (Wildman–Crippen MR) is 97.3 cm³/mol. The number of amides is 1. The number of sulfonamides is 1. The number of hydrogen-bond donors (Lipinski definition) is 2. The van der Waals surface area contributed by atoms with Crippen molar-refractivity contribution in [3.8, 4) is 5.75 Å². The van der Waals surface area contributed by atoms with Gasteiger partial charge in [-0.2, -0.15) is 0 Å². The molecule has 0 spiro atoms. The number of rotatable bonds is 7. The number of aromatic nitrogens is 2. The molecule has 0 atom stereocenters. The highest BCUT2D eigenvalue weighted by atomic mass is 35.5. The molecule has 3 aromatic rings. The van der Waals surface area contributed by atoms with E-state index < -0.39 is 10.0 Å². The fourth-order valence-electron chi connectivity index (χ4n) is 2.31. The minimum absolute atomic E-state index is 0.0143. The van der Waals surface area contributed by atoms with E-state index in [1.165, 1.54) is 19.2 Å². The Morgan fingerprint density at radius 1 is 1.11 bits per heavy atom. The Kier molecular flexibility index (Phi) is 5.59. The molecule has 3 rings (SSSR count). The first-order valence-electron chi connectivity index (χ1n) is 7.75. The number of ether oxygens (including phenoxy) is 1. The number of carbonyl (C=O) groups is 1. The zero-order chi connectivity index (χ0) is 19.4. The second-order valence-corrected chi connectivity index (χ2v) is 7.53. The Morgan fingerprint density at radius 3 is 2.52 bits per heavy atom. The van der Waals surface area contributed by atoms with Gasteiger partial charge >= 0.3 is 0 Å². The Morgan fingerprint density at radius 2 is 1.81 bits per heavy atom. The molecule has 0 fully saturated rings. The van der Waals surface area contributed by atoms with E-state index in [4.69, 9.17) is 16.3 Å². The molecule has 0 aliphatic carbocycles. The lowest BCUT2D eigenvalue weighted by atomic mass is 10.2. The number of fused-ring (bicyclic) bond motifs is 1. The van der Waals surface area contributed by atoms with Gasteiger partial charge in [0.05, 0.1) is 12.1 Å². The van der Waals surface area contributed by atoms with Crippen LogP contribution in [-0.4, -0.2) is 44.8 Å². The van der Waals surface area contributed by atoms with E-state index in [0.717, 1.165) is 0 Å². The maximum Gasteiger partial charge on any atom is 0.251 e. The van der Waals surface area contributed by atoms with Crippen molar-refractivity contribution in [1.29, 1.82) is 0 Å². The van der Waals surface area contributed by atoms with Crippen molar-refractivity contribution in [2.24, 2.45) is 0 Å². The van der Waals surface area contributed by atoms with Crippen molar-refractivity contribution in [3.05, 3.63) is 47.0 Å². The fraction of sp³-hybridized carbons (Fsp3) is 0.188. The van der Waals surface area contributed by atoms with Crippen LogP contribution in [0, 0.1) is 0 Å². The van der Waals surface area contributed by atoms with Crippen LogP contribution in [0.25, 0.3) is 11.0 Å². The van der Waals surface area contributed by atoms with Crippen LogP contribution >= 0.6 is 11.6 Å². The van der Waals surface area contributed by atoms with Crippen LogP contribution in [0.5, 0.6) is 5.75 Å². The SMILES string of the molecule is COc1ccc(C(=O)NCCNS(=O)(=O)c2ccc(Cl)c3nonc23)cc1. The Labute approximate surface area is 159 Å². The summed E-state index contributed by atoms with van der Waals surface area (Å²) in [6, 6.07) is 9.26. The maximum atomic E-state index is 12.5. The average molecular weight is 411 g/mol. The lowest BCUT2D eigenvalue weighted by Crippen LogP contribution is -2.34. The van der Waals surface area contributed by atoms with Crippen LogP contribution < -0.4 is 14.8 Å². The van der Waals surface area contributed by atoms with E-state index in [-0.39, 0.29) is 39.9 Å². The van der Waals surface area contributed by atoms with Crippen LogP contribution in [-0.2, 0) is 10.0 Å². The zero-order valence-corrected chi connectivity index (χ0v) is 15.7. The van der Waals surface area contributed by atoms with Gasteiger partial charge in [-0.1, -0.05) is 11.6 Å². The van der Waals surface area contributed by atoms with Crippen LogP contribution in [0.4, 0.5) is 0 Å². The summed E-state index contributed by atoms with van der Waals surface area (Å²) in [7, 11) is -2.35. The highest BCUT2D eigenvalue weighted by Crippen LogP contribution is 2.26. The minimum Gasteiger partial charge on any atom is -0.497 e. The molecule has 0 saturated carbocycles. The van der Waals surface area contributed by atoms with Crippen molar-refractivity contribution >= 4 is 38.6 Å². The lowest BCUT2D eigenvalue weighted by molar-refractivity contribution is 0.0954. The van der Waals surface area contributed by atoms with Crippen molar-refractivity contribution in [1.82, 2.24) is 20.4 Å². The van der Waals surface area contributed by atoms with Crippen molar-refractivity contribution in [3.63, 3.8) is 0 Å². The summed E-state index contributed by atoms with van der Waals surface area (Å²) < 4.78 is 36.9. The number of nitrogens with one attached hydrogen (secondary N) is 2. The molecule has 1 heterocycles. The quantitative estimate of drug-likeness (QED) is 0.567. The fourth-order valence-corrected chi connectivity index (χ4v) is 3.66. The molecule has 0 bridgehead atoms. The summed E-state index contributed by atoms with van der Waals surface area (Å²) in [5.41, 5.74) is 0.636. The monoisotopic (exact) mass is 410 g/mol. The summed E-state index contributed by atoms with van der Waals surface area (Å²) in [5, 5.41) is 10.0. The van der Waals surface area contributed by atoms with Crippen LogP contribution in [0.1, 0.15) is 10.4 Å². The Bertz CT molecular complexity index is 1070. The minimum atomic E-state index is -3.88. The standard InChI is InChI=1S/C16H15ClN4O5S/c1-25-11-4-2-10(3-5-11)16(22)18-8-9-19-27(23,24)13-7-6-12(17)14-15(13)21-26-20-14/h2-7,19H,8-9H2,1H3,(H,18,22). The number of benzene rings is 2. The van der Waals surface area contributed by atoms with Crippen molar-refractivity contribution < 1.29 is 22.6 Å².